The van der Waals surface area contributed by atoms with E-state index in [0.717, 1.165) is 70.3 Å². The Kier molecular flexibility index (Phi) is 8.38. The number of carbonyl (C=O) groups is 2. The average molecular weight is 524 g/mol. The maximum Gasteiger partial charge on any atom is 0.410 e. The van der Waals surface area contributed by atoms with Crippen LogP contribution in [-0.2, 0) is 34.9 Å². The molecule has 1 unspecified atom stereocenters. The third-order valence-corrected chi connectivity index (χ3v) is 7.97. The molecule has 38 heavy (non-hydrogen) atoms. The molecule has 1 amide bonds. The van der Waals surface area contributed by atoms with Crippen LogP contribution in [-0.4, -0.2) is 53.2 Å². The lowest BCUT2D eigenvalue weighted by Gasteiger charge is -2.28. The minimum Gasteiger partial charge on any atom is -0.494 e. The van der Waals surface area contributed by atoms with Crippen LogP contribution in [0.4, 0.5) is 4.79 Å². The van der Waals surface area contributed by atoms with Gasteiger partial charge >= 0.3 is 12.1 Å². The van der Waals surface area contributed by atoms with Crippen LogP contribution < -0.4 is 4.74 Å². The van der Waals surface area contributed by atoms with Crippen LogP contribution in [0.15, 0.2) is 24.3 Å². The number of carbonyl (C=O) groups excluding carboxylic acids is 2. The molecule has 206 valence electrons. The molecule has 1 aliphatic carbocycles. The van der Waals surface area contributed by atoms with Gasteiger partial charge in [-0.3, -0.25) is 14.2 Å². The Morgan fingerprint density at radius 2 is 1.76 bits per heavy atom. The summed E-state index contributed by atoms with van der Waals surface area (Å²) in [6.45, 7) is 6.72. The number of amides is 1. The molecule has 1 saturated carbocycles. The normalized spacial score (nSPS) is 14.6. The fraction of sp³-hybridized carbons (Fsp3) is 0.533. The van der Waals surface area contributed by atoms with Crippen molar-refractivity contribution < 1.29 is 23.8 Å². The second-order valence-corrected chi connectivity index (χ2v) is 10.4. The Labute approximate surface area is 225 Å². The Morgan fingerprint density at radius 3 is 2.42 bits per heavy atom. The molecule has 1 atom stereocenters. The zero-order valence-electron chi connectivity index (χ0n) is 23.8. The Bertz CT molecular complexity index is 1320. The van der Waals surface area contributed by atoms with Gasteiger partial charge in [0, 0.05) is 33.6 Å². The number of aryl methyl sites for hydroxylation is 4. The molecule has 3 aromatic rings. The van der Waals surface area contributed by atoms with Crippen LogP contribution in [0.3, 0.4) is 0 Å². The van der Waals surface area contributed by atoms with E-state index in [-0.39, 0.29) is 30.5 Å². The van der Waals surface area contributed by atoms with Crippen LogP contribution in [0, 0.1) is 13.8 Å². The van der Waals surface area contributed by atoms with E-state index >= 15 is 0 Å². The van der Waals surface area contributed by atoms with E-state index in [1.807, 2.05) is 34.0 Å². The fourth-order valence-electron chi connectivity index (χ4n) is 5.66. The van der Waals surface area contributed by atoms with Crippen LogP contribution in [0.25, 0.3) is 11.0 Å². The van der Waals surface area contributed by atoms with Crippen molar-refractivity contribution in [2.24, 2.45) is 14.1 Å². The minimum absolute atomic E-state index is 0.0252. The Hall–Kier alpha value is -3.42. The summed E-state index contributed by atoms with van der Waals surface area (Å²) in [7, 11) is 7.47. The van der Waals surface area contributed by atoms with Crippen LogP contribution in [0.1, 0.15) is 72.8 Å². The fourth-order valence-corrected chi connectivity index (χ4v) is 5.66. The smallest absolute Gasteiger partial charge is 0.410 e. The van der Waals surface area contributed by atoms with E-state index in [1.165, 1.54) is 0 Å². The quantitative estimate of drug-likeness (QED) is 0.335. The number of nitrogens with zero attached hydrogens (tertiary/aromatic N) is 3. The zero-order chi connectivity index (χ0) is 27.6. The molecule has 0 spiro atoms. The van der Waals surface area contributed by atoms with Gasteiger partial charge in [-0.1, -0.05) is 18.2 Å². The van der Waals surface area contributed by atoms with Gasteiger partial charge in [-0.2, -0.15) is 0 Å². The number of fused-ring (bicyclic) bond motifs is 1. The molecule has 2 aromatic carbocycles. The number of rotatable bonds is 9. The molecule has 4 rings (SSSR count). The highest BCUT2D eigenvalue weighted by molar-refractivity contribution is 5.89. The number of hydrogen-bond acceptors (Lipinski definition) is 5. The Balaban J connectivity index is 1.70. The molecular formula is C30H41N3O5. The first kappa shape index (κ1) is 27.6. The monoisotopic (exact) mass is 523 g/mol. The van der Waals surface area contributed by atoms with Gasteiger partial charge in [-0.25, -0.2) is 4.79 Å². The van der Waals surface area contributed by atoms with Crippen molar-refractivity contribution in [3.05, 3.63) is 52.1 Å². The highest BCUT2D eigenvalue weighted by atomic mass is 16.6. The van der Waals surface area contributed by atoms with E-state index < -0.39 is 0 Å². The SMILES string of the molecule is CCOC(=O)CC(c1ccc(C)c(CN(C)C(=O)OC2CCCC2)c1)c1cc(OC)c2c(c1C)n(C)n2C. The van der Waals surface area contributed by atoms with Crippen LogP contribution in [0.5, 0.6) is 5.75 Å². The zero-order valence-corrected chi connectivity index (χ0v) is 23.8. The van der Waals surface area contributed by atoms with Gasteiger partial charge in [0.2, 0.25) is 0 Å². The standard InChI is InChI=1S/C30H41N3O5/c1-8-37-27(34)17-25(24-16-26(36-7)29-28(20(24)3)32(5)33(29)6)21-14-13-19(2)22(15-21)18-31(4)30(35)38-23-11-9-10-12-23/h13-16,23,25H,8-12,17-18H2,1-7H3. The van der Waals surface area contributed by atoms with Crippen molar-refractivity contribution in [1.29, 1.82) is 0 Å². The first-order valence-corrected chi connectivity index (χ1v) is 13.5. The number of ether oxygens (including phenoxy) is 3. The largest absolute Gasteiger partial charge is 0.494 e. The molecule has 1 aromatic heterocycles. The average Bonchev–Trinajstić information content (AvgIpc) is 3.41. The molecule has 0 radical (unpaired) electrons. The van der Waals surface area contributed by atoms with Crippen molar-refractivity contribution >= 4 is 23.1 Å². The predicted molar refractivity (Wildman–Crippen MR) is 148 cm³/mol. The lowest BCUT2D eigenvalue weighted by atomic mass is 9.84. The molecule has 8 nitrogen and oxygen atoms in total. The van der Waals surface area contributed by atoms with Crippen molar-refractivity contribution in [1.82, 2.24) is 14.3 Å². The van der Waals surface area contributed by atoms with Gasteiger partial charge in [-0.05, 0) is 80.3 Å². The summed E-state index contributed by atoms with van der Waals surface area (Å²) in [4.78, 5) is 27.2. The molecule has 1 heterocycles. The number of hydrogen-bond donors (Lipinski definition) is 0. The van der Waals surface area contributed by atoms with Gasteiger partial charge in [0.1, 0.15) is 17.4 Å². The summed E-state index contributed by atoms with van der Waals surface area (Å²) in [5, 5.41) is 0. The van der Waals surface area contributed by atoms with Crippen molar-refractivity contribution in [2.45, 2.75) is 71.4 Å². The first-order valence-electron chi connectivity index (χ1n) is 13.5. The van der Waals surface area contributed by atoms with Gasteiger partial charge in [0.15, 0.2) is 0 Å². The van der Waals surface area contributed by atoms with Crippen molar-refractivity contribution in [3.8, 4) is 5.75 Å². The second-order valence-electron chi connectivity index (χ2n) is 10.4. The Morgan fingerprint density at radius 1 is 1.08 bits per heavy atom. The summed E-state index contributed by atoms with van der Waals surface area (Å²) < 4.78 is 21.0. The highest BCUT2D eigenvalue weighted by Crippen LogP contribution is 2.40. The van der Waals surface area contributed by atoms with Crippen molar-refractivity contribution in [3.63, 3.8) is 0 Å². The second kappa shape index (κ2) is 11.5. The molecule has 0 N–H and O–H groups in total. The van der Waals surface area contributed by atoms with E-state index in [9.17, 15) is 9.59 Å². The molecule has 1 fully saturated rings. The van der Waals surface area contributed by atoms with Gasteiger partial charge < -0.3 is 19.1 Å². The van der Waals surface area contributed by atoms with Gasteiger partial charge in [0.05, 0.1) is 25.7 Å². The topological polar surface area (TPSA) is 74.9 Å². The predicted octanol–water partition coefficient (Wildman–Crippen LogP) is 5.74. The number of aromatic nitrogens is 2. The summed E-state index contributed by atoms with van der Waals surface area (Å²) in [6, 6.07) is 8.29. The maximum absolute atomic E-state index is 12.8. The van der Waals surface area contributed by atoms with E-state index in [2.05, 4.69) is 34.5 Å². The van der Waals surface area contributed by atoms with E-state index in [1.54, 1.807) is 19.1 Å². The maximum atomic E-state index is 12.8. The third kappa shape index (κ3) is 5.40. The molecule has 8 heteroatoms. The summed E-state index contributed by atoms with van der Waals surface area (Å²) >= 11 is 0. The lowest BCUT2D eigenvalue weighted by molar-refractivity contribution is -0.143. The molecular weight excluding hydrogens is 482 g/mol. The van der Waals surface area contributed by atoms with Crippen molar-refractivity contribution in [2.75, 3.05) is 20.8 Å². The molecule has 1 aliphatic rings. The summed E-state index contributed by atoms with van der Waals surface area (Å²) in [5.41, 5.74) is 7.37. The molecule has 0 saturated heterocycles. The van der Waals surface area contributed by atoms with Gasteiger partial charge in [-0.15, -0.1) is 0 Å². The third-order valence-electron chi connectivity index (χ3n) is 7.97. The number of esters is 1. The van der Waals surface area contributed by atoms with Crippen LogP contribution >= 0.6 is 0 Å². The van der Waals surface area contributed by atoms with E-state index in [0.29, 0.717) is 13.2 Å². The highest BCUT2D eigenvalue weighted by Gasteiger charge is 2.27. The van der Waals surface area contributed by atoms with Gasteiger partial charge in [0.25, 0.3) is 0 Å². The molecule has 0 aliphatic heterocycles. The number of benzene rings is 2. The van der Waals surface area contributed by atoms with Crippen LogP contribution in [0.2, 0.25) is 0 Å². The summed E-state index contributed by atoms with van der Waals surface area (Å²) in [6.07, 6.45) is 4.05. The minimum atomic E-state index is -0.292. The first-order chi connectivity index (χ1) is 18.2. The van der Waals surface area contributed by atoms with E-state index in [4.69, 9.17) is 14.2 Å². The summed E-state index contributed by atoms with van der Waals surface area (Å²) in [5.74, 6) is 0.294. The lowest BCUT2D eigenvalue weighted by Crippen LogP contribution is -2.30. The molecule has 0 bridgehead atoms. The number of methoxy groups -OCH3 is 1.